The predicted molar refractivity (Wildman–Crippen MR) is 125 cm³/mol. The second-order valence-corrected chi connectivity index (χ2v) is 7.66. The van der Waals surface area contributed by atoms with Gasteiger partial charge in [0.15, 0.2) is 5.11 Å². The molecule has 1 saturated heterocycles. The monoisotopic (exact) mass is 446 g/mol. The van der Waals surface area contributed by atoms with Crippen molar-refractivity contribution in [1.29, 1.82) is 0 Å². The van der Waals surface area contributed by atoms with Gasteiger partial charge in [-0.25, -0.2) is 4.39 Å². The van der Waals surface area contributed by atoms with Gasteiger partial charge in [0, 0.05) is 0 Å². The molecule has 1 N–H and O–H groups in total. The fourth-order valence-corrected chi connectivity index (χ4v) is 3.44. The number of benzene rings is 3. The van der Waals surface area contributed by atoms with Crippen molar-refractivity contribution < 1.29 is 18.7 Å². The standard InChI is InChI=1S/C25H19FN2O3S/c1-16-2-4-18(5-3-16)15-31-21-12-6-17(7-13-21)14-22-23(29)27-25(32)28(24(22)30)20-10-8-19(26)9-11-20/h2-14H,15H2,1H3,(H,27,29,32)/b22-14-. The third-order valence-electron chi connectivity index (χ3n) is 4.90. The fraction of sp³-hybridized carbons (Fsp3) is 0.0800. The van der Waals surface area contributed by atoms with Gasteiger partial charge in [-0.05, 0) is 72.7 Å². The van der Waals surface area contributed by atoms with Gasteiger partial charge in [-0.1, -0.05) is 42.0 Å². The van der Waals surface area contributed by atoms with Crippen LogP contribution in [-0.2, 0) is 16.2 Å². The zero-order valence-corrected chi connectivity index (χ0v) is 18.0. The molecule has 0 radical (unpaired) electrons. The molecule has 0 bridgehead atoms. The summed E-state index contributed by atoms with van der Waals surface area (Å²) in [4.78, 5) is 26.5. The van der Waals surface area contributed by atoms with Crippen molar-refractivity contribution in [3.8, 4) is 5.75 Å². The lowest BCUT2D eigenvalue weighted by atomic mass is 10.1. The Labute approximate surface area is 190 Å². The van der Waals surface area contributed by atoms with Gasteiger partial charge >= 0.3 is 0 Å². The Kier molecular flexibility index (Phi) is 6.09. The maximum absolute atomic E-state index is 13.2. The summed E-state index contributed by atoms with van der Waals surface area (Å²) in [6.07, 6.45) is 1.49. The number of anilines is 1. The van der Waals surface area contributed by atoms with Crippen LogP contribution >= 0.6 is 12.2 Å². The van der Waals surface area contributed by atoms with Gasteiger partial charge < -0.3 is 4.74 Å². The molecule has 32 heavy (non-hydrogen) atoms. The van der Waals surface area contributed by atoms with Crippen molar-refractivity contribution in [2.75, 3.05) is 4.90 Å². The lowest BCUT2D eigenvalue weighted by Gasteiger charge is -2.28. The molecule has 0 unspecified atom stereocenters. The van der Waals surface area contributed by atoms with Crippen LogP contribution in [0.1, 0.15) is 16.7 Å². The molecule has 160 valence electrons. The van der Waals surface area contributed by atoms with E-state index in [0.717, 1.165) is 5.56 Å². The summed E-state index contributed by atoms with van der Waals surface area (Å²) in [5.74, 6) is -0.932. The van der Waals surface area contributed by atoms with Gasteiger partial charge in [0.1, 0.15) is 23.7 Å². The highest BCUT2D eigenvalue weighted by atomic mass is 32.1. The Morgan fingerprint density at radius 1 is 0.969 bits per heavy atom. The van der Waals surface area contributed by atoms with E-state index in [1.54, 1.807) is 24.3 Å². The van der Waals surface area contributed by atoms with Crippen LogP contribution in [0.4, 0.5) is 10.1 Å². The maximum atomic E-state index is 13.2. The molecular formula is C25H19FN2O3S. The first-order valence-corrected chi connectivity index (χ1v) is 10.3. The van der Waals surface area contributed by atoms with Crippen molar-refractivity contribution in [3.63, 3.8) is 0 Å². The van der Waals surface area contributed by atoms with Crippen LogP contribution in [0.3, 0.4) is 0 Å². The van der Waals surface area contributed by atoms with E-state index < -0.39 is 17.6 Å². The fourth-order valence-electron chi connectivity index (χ4n) is 3.16. The predicted octanol–water partition coefficient (Wildman–Crippen LogP) is 4.54. The number of carbonyl (C=O) groups excluding carboxylic acids is 2. The van der Waals surface area contributed by atoms with E-state index in [-0.39, 0.29) is 10.7 Å². The summed E-state index contributed by atoms with van der Waals surface area (Å²) in [5, 5.41) is 2.46. The van der Waals surface area contributed by atoms with E-state index in [0.29, 0.717) is 23.6 Å². The Bertz CT molecular complexity index is 1200. The first-order chi connectivity index (χ1) is 15.4. The van der Waals surface area contributed by atoms with Gasteiger partial charge in [0.2, 0.25) is 0 Å². The number of thiocarbonyl (C=S) groups is 1. The molecule has 1 fully saturated rings. The first-order valence-electron chi connectivity index (χ1n) is 9.86. The second-order valence-electron chi connectivity index (χ2n) is 7.28. The maximum Gasteiger partial charge on any atom is 0.270 e. The molecule has 3 aromatic rings. The van der Waals surface area contributed by atoms with Crippen LogP contribution in [0.5, 0.6) is 5.75 Å². The van der Waals surface area contributed by atoms with Crippen LogP contribution in [-0.4, -0.2) is 16.9 Å². The molecule has 0 saturated carbocycles. The van der Waals surface area contributed by atoms with Crippen molar-refractivity contribution in [2.45, 2.75) is 13.5 Å². The number of nitrogens with one attached hydrogen (secondary N) is 1. The number of aryl methyl sites for hydroxylation is 1. The van der Waals surface area contributed by atoms with E-state index in [2.05, 4.69) is 5.32 Å². The highest BCUT2D eigenvalue weighted by Gasteiger charge is 2.34. The minimum Gasteiger partial charge on any atom is -0.489 e. The Morgan fingerprint density at radius 3 is 2.28 bits per heavy atom. The van der Waals surface area contributed by atoms with Crippen LogP contribution in [0.25, 0.3) is 6.08 Å². The van der Waals surface area contributed by atoms with E-state index in [4.69, 9.17) is 17.0 Å². The third-order valence-corrected chi connectivity index (χ3v) is 5.19. The SMILES string of the molecule is Cc1ccc(COc2ccc(/C=C3/C(=O)NC(=S)N(c4ccc(F)cc4)C3=O)cc2)cc1. The molecule has 7 heteroatoms. The normalized spacial score (nSPS) is 15.1. The van der Waals surface area contributed by atoms with Gasteiger partial charge in [-0.15, -0.1) is 0 Å². The number of halogens is 1. The summed E-state index contributed by atoms with van der Waals surface area (Å²) in [6.45, 7) is 2.47. The molecule has 4 rings (SSSR count). The molecule has 0 aromatic heterocycles. The number of carbonyl (C=O) groups is 2. The highest BCUT2D eigenvalue weighted by Crippen LogP contribution is 2.23. The van der Waals surface area contributed by atoms with Crippen molar-refractivity contribution in [1.82, 2.24) is 5.32 Å². The van der Waals surface area contributed by atoms with Crippen LogP contribution in [0.2, 0.25) is 0 Å². The summed E-state index contributed by atoms with van der Waals surface area (Å²) in [6, 6.07) is 20.4. The first kappa shape index (κ1) is 21.4. The zero-order valence-electron chi connectivity index (χ0n) is 17.2. The third kappa shape index (κ3) is 4.73. The van der Waals surface area contributed by atoms with Crippen molar-refractivity contribution in [3.05, 3.63) is 101 Å². The largest absolute Gasteiger partial charge is 0.489 e. The summed E-state index contributed by atoms with van der Waals surface area (Å²) >= 11 is 5.14. The van der Waals surface area contributed by atoms with E-state index >= 15 is 0 Å². The topological polar surface area (TPSA) is 58.6 Å². The zero-order chi connectivity index (χ0) is 22.7. The summed E-state index contributed by atoms with van der Waals surface area (Å²) < 4.78 is 19.0. The van der Waals surface area contributed by atoms with Gasteiger partial charge in [0.05, 0.1) is 5.69 Å². The quantitative estimate of drug-likeness (QED) is 0.355. The molecule has 1 aliphatic heterocycles. The summed E-state index contributed by atoms with van der Waals surface area (Å²) in [7, 11) is 0. The molecule has 5 nitrogen and oxygen atoms in total. The smallest absolute Gasteiger partial charge is 0.270 e. The number of ether oxygens (including phenoxy) is 1. The Morgan fingerprint density at radius 2 is 1.62 bits per heavy atom. The minimum atomic E-state index is -0.585. The van der Waals surface area contributed by atoms with Crippen LogP contribution in [0, 0.1) is 12.7 Å². The number of amides is 2. The number of hydrogen-bond donors (Lipinski definition) is 1. The van der Waals surface area contributed by atoms with E-state index in [1.165, 1.54) is 40.8 Å². The molecule has 0 atom stereocenters. The van der Waals surface area contributed by atoms with Gasteiger partial charge in [-0.2, -0.15) is 0 Å². The van der Waals surface area contributed by atoms with E-state index in [1.807, 2.05) is 31.2 Å². The van der Waals surface area contributed by atoms with Crippen molar-refractivity contribution >= 4 is 40.9 Å². The summed E-state index contributed by atoms with van der Waals surface area (Å²) in [5.41, 5.74) is 3.19. The van der Waals surface area contributed by atoms with Gasteiger partial charge in [-0.3, -0.25) is 19.8 Å². The minimum absolute atomic E-state index is 0.0522. The number of hydrogen-bond acceptors (Lipinski definition) is 4. The lowest BCUT2D eigenvalue weighted by Crippen LogP contribution is -2.54. The second kappa shape index (κ2) is 9.11. The molecule has 0 spiro atoms. The van der Waals surface area contributed by atoms with Crippen LogP contribution in [0.15, 0.2) is 78.4 Å². The molecule has 1 heterocycles. The molecular weight excluding hydrogens is 427 g/mol. The van der Waals surface area contributed by atoms with Crippen LogP contribution < -0.4 is 15.0 Å². The number of nitrogens with zero attached hydrogens (tertiary/aromatic N) is 1. The van der Waals surface area contributed by atoms with E-state index in [9.17, 15) is 14.0 Å². The van der Waals surface area contributed by atoms with Gasteiger partial charge in [0.25, 0.3) is 11.8 Å². The average molecular weight is 447 g/mol. The Hall–Kier alpha value is -3.84. The van der Waals surface area contributed by atoms with Crippen molar-refractivity contribution in [2.24, 2.45) is 0 Å². The molecule has 1 aliphatic rings. The molecule has 0 aliphatic carbocycles. The Balaban J connectivity index is 1.50. The molecule has 3 aromatic carbocycles. The molecule has 2 amide bonds. The lowest BCUT2D eigenvalue weighted by molar-refractivity contribution is -0.122. The number of rotatable bonds is 5. The average Bonchev–Trinajstić information content (AvgIpc) is 2.78. The highest BCUT2D eigenvalue weighted by molar-refractivity contribution is 7.80.